The van der Waals surface area contributed by atoms with Gasteiger partial charge in [-0.05, 0) is 0 Å². The highest BCUT2D eigenvalue weighted by atomic mass is 16.3. The third-order valence-corrected chi connectivity index (χ3v) is 1.15. The first-order valence-electron chi connectivity index (χ1n) is 3.07. The van der Waals surface area contributed by atoms with E-state index in [9.17, 15) is 9.81 Å². The summed E-state index contributed by atoms with van der Waals surface area (Å²) in [5.41, 5.74) is 5.12. The number of nitrogens with two attached hydrogens (primary N) is 1. The molecule has 0 bridgehead atoms. The third-order valence-electron chi connectivity index (χ3n) is 1.15. The maximum Gasteiger partial charge on any atom is 0.0862 e. The summed E-state index contributed by atoms with van der Waals surface area (Å²) in [7, 11) is 1.51. The van der Waals surface area contributed by atoms with Gasteiger partial charge in [-0.15, -0.1) is 9.81 Å². The molecule has 0 saturated carbocycles. The van der Waals surface area contributed by atoms with Crippen molar-refractivity contribution in [2.24, 2.45) is 16.3 Å². The van der Waals surface area contributed by atoms with E-state index in [0.717, 1.165) is 10.0 Å². The molecule has 0 aliphatic heterocycles. The normalized spacial score (nSPS) is 8.91. The molecule has 0 aromatic rings. The van der Waals surface area contributed by atoms with Gasteiger partial charge >= 0.3 is 0 Å². The van der Waals surface area contributed by atoms with Crippen molar-refractivity contribution in [2.75, 3.05) is 26.8 Å². The molecule has 2 N–H and O–H groups in total. The largest absolute Gasteiger partial charge is 0.313 e. The molecule has 0 aliphatic carbocycles. The van der Waals surface area contributed by atoms with E-state index in [4.69, 9.17) is 5.73 Å². The van der Waals surface area contributed by atoms with E-state index >= 15 is 0 Å². The molecule has 64 valence electrons. The summed E-state index contributed by atoms with van der Waals surface area (Å²) in [6.07, 6.45) is 0. The first-order valence-corrected chi connectivity index (χ1v) is 3.07. The lowest BCUT2D eigenvalue weighted by atomic mass is 10.6. The molecule has 7 nitrogen and oxygen atoms in total. The van der Waals surface area contributed by atoms with Gasteiger partial charge in [0.05, 0.1) is 30.3 Å². The smallest absolute Gasteiger partial charge is 0.0862 e. The van der Waals surface area contributed by atoms with Crippen LogP contribution in [0.15, 0.2) is 10.6 Å². The lowest BCUT2D eigenvalue weighted by Gasteiger charge is -2.14. The Labute approximate surface area is 64.0 Å². The van der Waals surface area contributed by atoms with Crippen molar-refractivity contribution in [3.05, 3.63) is 9.81 Å². The highest BCUT2D eigenvalue weighted by Crippen LogP contribution is 1.87. The fourth-order valence-corrected chi connectivity index (χ4v) is 0.466. The van der Waals surface area contributed by atoms with E-state index in [1.165, 1.54) is 7.05 Å². The van der Waals surface area contributed by atoms with Gasteiger partial charge in [-0.3, -0.25) is 5.01 Å². The Morgan fingerprint density at radius 2 is 1.91 bits per heavy atom. The number of hydrogen-bond acceptors (Lipinski definition) is 5. The van der Waals surface area contributed by atoms with E-state index in [1.54, 1.807) is 0 Å². The van der Waals surface area contributed by atoms with Crippen LogP contribution in [0.5, 0.6) is 0 Å². The van der Waals surface area contributed by atoms with Gasteiger partial charge in [0.2, 0.25) is 0 Å². The molecule has 11 heavy (non-hydrogen) atoms. The maximum absolute atomic E-state index is 9.91. The monoisotopic (exact) mass is 161 g/mol. The van der Waals surface area contributed by atoms with Crippen molar-refractivity contribution in [3.63, 3.8) is 0 Å². The molecule has 0 radical (unpaired) electrons. The molecule has 0 amide bonds. The highest BCUT2D eigenvalue weighted by Gasteiger charge is 2.00. The minimum absolute atomic E-state index is 0.0518. The molecule has 7 heteroatoms. The van der Waals surface area contributed by atoms with E-state index in [0.29, 0.717) is 13.1 Å². The van der Waals surface area contributed by atoms with Gasteiger partial charge in [0.15, 0.2) is 0 Å². The second kappa shape index (κ2) is 5.54. The van der Waals surface area contributed by atoms with Crippen molar-refractivity contribution < 1.29 is 0 Å². The van der Waals surface area contributed by atoms with E-state index in [-0.39, 0.29) is 6.67 Å². The zero-order valence-electron chi connectivity index (χ0n) is 6.30. The Balaban J connectivity index is 3.49. The average molecular weight is 161 g/mol. The molecule has 0 atom stereocenters. The molecule has 0 unspecified atom stereocenters. The summed E-state index contributed by atoms with van der Waals surface area (Å²) in [6.45, 7) is 0.699. The topological polar surface area (TPSA) is 91.4 Å². The Bertz CT molecular complexity index is 130. The van der Waals surface area contributed by atoms with Crippen molar-refractivity contribution in [1.29, 1.82) is 0 Å². The minimum atomic E-state index is 0.0518. The van der Waals surface area contributed by atoms with Crippen molar-refractivity contribution in [1.82, 2.24) is 10.0 Å². The van der Waals surface area contributed by atoms with E-state index in [2.05, 4.69) is 10.6 Å². The summed E-state index contributed by atoms with van der Waals surface area (Å²) in [5.74, 6) is 0. The SMILES string of the molecule is CN(CCN(CN)N=O)N=O. The standard InChI is InChI=1S/C4H11N5O2/c1-8(6-10)2-3-9(4-5)7-11/h2-5H2,1H3. The van der Waals surface area contributed by atoms with E-state index in [1.807, 2.05) is 0 Å². The lowest BCUT2D eigenvalue weighted by Crippen LogP contribution is -2.31. The van der Waals surface area contributed by atoms with Gasteiger partial charge in [0.1, 0.15) is 0 Å². The fraction of sp³-hybridized carbons (Fsp3) is 1.00. The van der Waals surface area contributed by atoms with Crippen LogP contribution in [0.1, 0.15) is 0 Å². The summed E-state index contributed by atoms with van der Waals surface area (Å²) in [4.78, 5) is 19.7. The minimum Gasteiger partial charge on any atom is -0.313 e. The molecule has 0 aromatic heterocycles. The number of likely N-dealkylation sites (N-methyl/N-ethyl adjacent to an activating group) is 1. The Morgan fingerprint density at radius 3 is 2.27 bits per heavy atom. The van der Waals surface area contributed by atoms with Crippen LogP contribution in [-0.2, 0) is 0 Å². The highest BCUT2D eigenvalue weighted by molar-refractivity contribution is 4.50. The second-order valence-corrected chi connectivity index (χ2v) is 1.96. The van der Waals surface area contributed by atoms with Crippen LogP contribution in [0.25, 0.3) is 0 Å². The van der Waals surface area contributed by atoms with Gasteiger partial charge < -0.3 is 5.73 Å². The summed E-state index contributed by atoms with van der Waals surface area (Å²) < 4.78 is 0. The quantitative estimate of drug-likeness (QED) is 0.322. The summed E-state index contributed by atoms with van der Waals surface area (Å²) in [6, 6.07) is 0. The predicted molar refractivity (Wildman–Crippen MR) is 40.0 cm³/mol. The second-order valence-electron chi connectivity index (χ2n) is 1.96. The first kappa shape index (κ1) is 9.76. The van der Waals surface area contributed by atoms with Crippen LogP contribution in [-0.4, -0.2) is 36.8 Å². The average Bonchev–Trinajstić information content (AvgIpc) is 2.06. The zero-order chi connectivity index (χ0) is 8.69. The van der Waals surface area contributed by atoms with Gasteiger partial charge in [0, 0.05) is 7.05 Å². The molecule has 0 spiro atoms. The molecule has 0 rings (SSSR count). The Hall–Kier alpha value is -1.24. The van der Waals surface area contributed by atoms with Crippen LogP contribution in [0.4, 0.5) is 0 Å². The van der Waals surface area contributed by atoms with Crippen LogP contribution >= 0.6 is 0 Å². The molecule has 0 heterocycles. The van der Waals surface area contributed by atoms with Gasteiger partial charge in [-0.25, -0.2) is 5.01 Å². The Morgan fingerprint density at radius 1 is 1.27 bits per heavy atom. The molecule has 0 aromatic carbocycles. The number of nitroso groups, excluding NO2 is 2. The fourth-order valence-electron chi connectivity index (χ4n) is 0.466. The number of hydrogen-bond donors (Lipinski definition) is 1. The van der Waals surface area contributed by atoms with Crippen molar-refractivity contribution >= 4 is 0 Å². The van der Waals surface area contributed by atoms with Crippen LogP contribution in [0, 0.1) is 9.81 Å². The van der Waals surface area contributed by atoms with Crippen LogP contribution in [0.3, 0.4) is 0 Å². The summed E-state index contributed by atoms with van der Waals surface area (Å²) in [5, 5.41) is 7.46. The lowest BCUT2D eigenvalue weighted by molar-refractivity contribution is 0.237. The third kappa shape index (κ3) is 4.20. The maximum atomic E-state index is 9.91. The molecular formula is C4H11N5O2. The molecule has 0 fully saturated rings. The van der Waals surface area contributed by atoms with Crippen LogP contribution < -0.4 is 5.73 Å². The molecule has 0 saturated heterocycles. The van der Waals surface area contributed by atoms with Gasteiger partial charge in [0.25, 0.3) is 0 Å². The first-order chi connectivity index (χ1) is 5.24. The number of nitrogens with zero attached hydrogens (tertiary/aromatic N) is 4. The Kier molecular flexibility index (Phi) is 4.91. The molecular weight excluding hydrogens is 150 g/mol. The van der Waals surface area contributed by atoms with Gasteiger partial charge in [-0.2, -0.15) is 0 Å². The zero-order valence-corrected chi connectivity index (χ0v) is 6.30. The van der Waals surface area contributed by atoms with Crippen molar-refractivity contribution in [3.8, 4) is 0 Å². The summed E-state index contributed by atoms with van der Waals surface area (Å²) >= 11 is 0. The van der Waals surface area contributed by atoms with E-state index < -0.39 is 0 Å². The number of rotatable bonds is 6. The van der Waals surface area contributed by atoms with Crippen molar-refractivity contribution in [2.45, 2.75) is 0 Å². The predicted octanol–water partition coefficient (Wildman–Crippen LogP) is -0.501. The molecule has 0 aliphatic rings. The van der Waals surface area contributed by atoms with Gasteiger partial charge in [-0.1, -0.05) is 0 Å². The van der Waals surface area contributed by atoms with Crippen LogP contribution in [0.2, 0.25) is 0 Å².